The number of carboxylic acids is 2. The van der Waals surface area contributed by atoms with Crippen LogP contribution in [0.25, 0.3) is 21.8 Å². The average Bonchev–Trinajstić information content (AvgIpc) is 1.27. The number of thioether (sulfide) groups is 3. The number of H-pyrrole nitrogens is 2. The minimum absolute atomic E-state index is 0.0169. The van der Waals surface area contributed by atoms with Crippen molar-refractivity contribution in [3.63, 3.8) is 0 Å². The third-order valence-corrected chi connectivity index (χ3v) is 24.3. The third-order valence-electron chi connectivity index (χ3n) is 21.1. The van der Waals surface area contributed by atoms with Crippen molar-refractivity contribution < 1.29 is 101 Å². The van der Waals surface area contributed by atoms with Gasteiger partial charge in [0, 0.05) is 148 Å². The van der Waals surface area contributed by atoms with Crippen molar-refractivity contribution in [2.75, 3.05) is 81.7 Å². The molecule has 0 unspecified atom stereocenters. The number of carbonyl (C=O) groups is 19. The maximum absolute atomic E-state index is 15.5. The Kier molecular flexibility index (Phi) is 39.9. The van der Waals surface area contributed by atoms with E-state index in [1.807, 2.05) is 0 Å². The van der Waals surface area contributed by atoms with E-state index in [0.29, 0.717) is 38.5 Å². The summed E-state index contributed by atoms with van der Waals surface area (Å²) in [5, 5.41) is 63.6. The number of aliphatic carboxylic acids is 2. The van der Waals surface area contributed by atoms with Crippen molar-refractivity contribution >= 4 is 175 Å². The Hall–Kier alpha value is -13.0. The average molecular weight is 1860 g/mol. The fraction of sp³-hybridized carbons (Fsp3) is 0.500. The lowest BCUT2D eigenvalue weighted by Gasteiger charge is -2.42. The maximum Gasteiger partial charge on any atom is 0.305 e. The smallest absolute Gasteiger partial charge is 0.305 e. The number of rotatable bonds is 22. The molecule has 2 aromatic heterocycles. The number of benzene rings is 3. The quantitative estimate of drug-likeness (QED) is 0.0186. The molecule has 0 saturated carbocycles. The Morgan fingerprint density at radius 2 is 0.946 bits per heavy atom. The zero-order valence-corrected chi connectivity index (χ0v) is 75.0. The largest absolute Gasteiger partial charge is 0.481 e. The van der Waals surface area contributed by atoms with Crippen LogP contribution in [0.15, 0.2) is 91.3 Å². The minimum atomic E-state index is -2.21. The monoisotopic (exact) mass is 1860 g/mol. The Bertz CT molecular complexity index is 4940. The van der Waals surface area contributed by atoms with Gasteiger partial charge in [0.2, 0.25) is 100 Å². The van der Waals surface area contributed by atoms with Gasteiger partial charge in [-0.1, -0.05) is 80.6 Å². The molecular weight excluding hydrogens is 1750 g/mol. The summed E-state index contributed by atoms with van der Waals surface area (Å²) in [6.07, 6.45) is -3.02. The van der Waals surface area contributed by atoms with Crippen molar-refractivity contribution in [2.45, 2.75) is 177 Å². The highest BCUT2D eigenvalue weighted by Crippen LogP contribution is 2.24. The van der Waals surface area contributed by atoms with Gasteiger partial charge in [-0.2, -0.15) is 35.3 Å². The van der Waals surface area contributed by atoms with Crippen LogP contribution in [0.5, 0.6) is 0 Å². The van der Waals surface area contributed by atoms with Crippen LogP contribution in [0.2, 0.25) is 0 Å². The lowest BCUT2D eigenvalue weighted by Crippen LogP contribution is -2.61. The number of guanidine groups is 1. The molecule has 43 nitrogen and oxygen atoms in total. The molecule has 11 atom stereocenters. The zero-order valence-electron chi connectivity index (χ0n) is 72.6. The lowest BCUT2D eigenvalue weighted by atomic mass is 9.99. The fourth-order valence-electron chi connectivity index (χ4n) is 14.2. The van der Waals surface area contributed by atoms with Gasteiger partial charge in [0.25, 0.3) is 0 Å². The molecule has 3 aliphatic heterocycles. The molecule has 17 amide bonds. The topological polar surface area (TPSA) is 642 Å². The predicted octanol–water partition coefficient (Wildman–Crippen LogP) is -3.08. The van der Waals surface area contributed by atoms with Crippen LogP contribution in [0, 0.1) is 11.3 Å². The number of nitrogens with one attached hydrogen (secondary N) is 16. The van der Waals surface area contributed by atoms with Crippen LogP contribution in [0.4, 0.5) is 0 Å². The van der Waals surface area contributed by atoms with Crippen molar-refractivity contribution in [2.24, 2.45) is 17.4 Å². The van der Waals surface area contributed by atoms with Crippen molar-refractivity contribution in [3.05, 3.63) is 108 Å². The molecule has 46 heteroatoms. The number of carboxylic acid groups (broad SMARTS) is 2. The second kappa shape index (κ2) is 50.7. The first-order valence-electron chi connectivity index (χ1n) is 42.2. The number of carbonyl (C=O) groups excluding carboxylic acids is 17. The van der Waals surface area contributed by atoms with E-state index in [2.05, 4.69) is 79.1 Å². The second-order valence-corrected chi connectivity index (χ2v) is 35.5. The van der Waals surface area contributed by atoms with Gasteiger partial charge in [0.1, 0.15) is 66.5 Å². The molecule has 3 aliphatic rings. The van der Waals surface area contributed by atoms with Crippen molar-refractivity contribution in [1.82, 2.24) is 98.7 Å². The Morgan fingerprint density at radius 1 is 0.500 bits per heavy atom. The van der Waals surface area contributed by atoms with Gasteiger partial charge in [0.05, 0.1) is 33.0 Å². The van der Waals surface area contributed by atoms with E-state index in [1.165, 1.54) is 19.6 Å². The standard InChI is InChI=1S/C84H114N22O21S3/c1-46(2)32-58-77(121)95-57(22-24-71(113)114)76(120)100-62(36-72(115)116)81(125)102-65-42-130-31-27-70(112)106-44-104(43-105(45-106)69(111)26-30-129-41-64(92-47(3)107)82(126)96-56(21-23-66(85)108)75(119)98-61(80(124)97-58)35-50-38-90-54-19-12-10-17-52(50)54)68(110)25-29-128-40-63(73(86)117)101-78(122)59(33-48-14-7-6-8-15-48)93-67(109)39-91-74(118)55(20-13-28-88-84(87)103(4)5)94-79(123)60(99-83(65)127)34-49-37-89-53-18-11-9-16-51(49)53/h6-12,14-19,37-38,46,55-65,89-90H,13,20-36,39-45H2,1-5H3,(H2,85,108)(H2,86,117)(H2,87,88)(H,91,118)(H,92,107)(H,93,109)(H,94,123)(H,95,121)(H,96,126)(H,97,124)(H,98,119)(H,99,127)(H,100,120)(H,101,122)(H,102,125)(H,113,114)(H,115,116)/t55-,56-,57-,58-,59-,60-,61-,62-,63-,64-,65-/m0/s1. The maximum atomic E-state index is 15.5. The number of nitrogens with zero attached hydrogens (tertiary/aromatic N) is 4. The van der Waals surface area contributed by atoms with Crippen LogP contribution in [0.1, 0.15) is 108 Å². The number of aromatic nitrogens is 2. The number of aromatic amines is 2. The summed E-state index contributed by atoms with van der Waals surface area (Å²) in [6, 6.07) is 3.49. The molecule has 0 radical (unpaired) electrons. The first-order chi connectivity index (χ1) is 61.9. The number of amides is 17. The van der Waals surface area contributed by atoms with Crippen LogP contribution in [0.3, 0.4) is 0 Å². The summed E-state index contributed by atoms with van der Waals surface area (Å²) in [5.41, 5.74) is 14.0. The molecule has 22 N–H and O–H groups in total. The van der Waals surface area contributed by atoms with Gasteiger partial charge >= 0.3 is 11.9 Å². The number of hydrogen-bond donors (Lipinski definition) is 20. The van der Waals surface area contributed by atoms with Gasteiger partial charge in [-0.25, -0.2) is 0 Å². The van der Waals surface area contributed by atoms with Crippen molar-refractivity contribution in [1.29, 1.82) is 5.41 Å². The van der Waals surface area contributed by atoms with E-state index in [4.69, 9.17) is 16.9 Å². The molecule has 3 saturated heterocycles. The molecule has 4 bridgehead atoms. The highest BCUT2D eigenvalue weighted by atomic mass is 32.2. The molecule has 0 aliphatic carbocycles. The zero-order chi connectivity index (χ0) is 94.8. The number of para-hydroxylation sites is 2. The molecule has 3 aromatic carbocycles. The van der Waals surface area contributed by atoms with E-state index in [9.17, 15) is 82.1 Å². The highest BCUT2D eigenvalue weighted by Gasteiger charge is 2.40. The summed E-state index contributed by atoms with van der Waals surface area (Å²) in [6.45, 7) is 2.44. The van der Waals surface area contributed by atoms with Crippen molar-refractivity contribution in [3.8, 4) is 0 Å². The molecular formula is C84H114N22O21S3. The first-order valence-corrected chi connectivity index (χ1v) is 45.7. The highest BCUT2D eigenvalue weighted by molar-refractivity contribution is 7.99. The molecule has 5 aromatic rings. The molecule has 5 heterocycles. The number of fused-ring (bicyclic) bond motifs is 9. The van der Waals surface area contributed by atoms with E-state index >= 15 is 19.2 Å². The number of nitrogens with two attached hydrogens (primary N) is 2. The van der Waals surface area contributed by atoms with Gasteiger partial charge in [-0.15, -0.1) is 0 Å². The summed E-state index contributed by atoms with van der Waals surface area (Å²) in [4.78, 5) is 282. The summed E-state index contributed by atoms with van der Waals surface area (Å²) >= 11 is 2.87. The van der Waals surface area contributed by atoms with Gasteiger partial charge < -0.3 is 120 Å². The van der Waals surface area contributed by atoms with Crippen LogP contribution in [-0.4, -0.2) is 306 Å². The van der Waals surface area contributed by atoms with E-state index < -0.39 is 256 Å². The predicted molar refractivity (Wildman–Crippen MR) is 480 cm³/mol. The molecule has 3 fully saturated rings. The summed E-state index contributed by atoms with van der Waals surface area (Å²) in [5.74, 6) is -21.6. The Morgan fingerprint density at radius 3 is 1.46 bits per heavy atom. The van der Waals surface area contributed by atoms with Gasteiger partial charge in [-0.3, -0.25) is 96.5 Å². The lowest BCUT2D eigenvalue weighted by molar-refractivity contribution is -0.158. The van der Waals surface area contributed by atoms with Crippen LogP contribution in [-0.2, 0) is 110 Å². The Labute approximate surface area is 761 Å². The van der Waals surface area contributed by atoms with E-state index in [0.717, 1.165) is 42.2 Å². The normalized spacial score (nSPS) is 23.1. The molecule has 704 valence electrons. The second-order valence-electron chi connectivity index (χ2n) is 32.0. The summed E-state index contributed by atoms with van der Waals surface area (Å²) in [7, 11) is 3.21. The number of hydrogen-bond acceptors (Lipinski definition) is 23. The van der Waals surface area contributed by atoms with Gasteiger partial charge in [-0.05, 0) is 66.8 Å². The van der Waals surface area contributed by atoms with E-state index in [-0.39, 0.29) is 92.6 Å². The molecule has 0 spiro atoms. The van der Waals surface area contributed by atoms with Crippen LogP contribution >= 0.6 is 35.3 Å². The van der Waals surface area contributed by atoms with E-state index in [1.54, 1.807) is 119 Å². The van der Waals surface area contributed by atoms with Gasteiger partial charge in [0.15, 0.2) is 5.96 Å². The summed E-state index contributed by atoms with van der Waals surface area (Å²) < 4.78 is 0. The molecule has 130 heavy (non-hydrogen) atoms. The SMILES string of the molecule is CC(=O)N[C@H]1CSCCC(=O)N2CN3CN(C2)C(=O)CCSC[C@H](NC(=O)[C@H](CC(=O)O)NC(=O)[C@H](CCC(=O)O)NC(=O)[C@H](CC(C)C)NC(=O)[C@H](Cc2c[nH]c4ccccc24)NC(=O)[C@H](CCC(N)=O)NC1=O)C(=O)N[C@@H](Cc1c[nH]c2ccccc12)C(=O)N[C@@H](CCCNC(=N)N(C)C)C(=O)NCC(=O)N[C@@H](Cc1ccccc1)C(=O)N[C@H](C(N)=O)CSCCC3=O. The number of primary amides is 2. The molecule has 8 rings (SSSR count). The third kappa shape index (κ3) is 32.6. The fourth-order valence-corrected chi connectivity index (χ4v) is 17.1. The minimum Gasteiger partial charge on any atom is -0.481 e. The Balaban J connectivity index is 1.23. The first kappa shape index (κ1) is 102. The van der Waals surface area contributed by atoms with Crippen LogP contribution < -0.4 is 80.6 Å².